The van der Waals surface area contributed by atoms with E-state index < -0.39 is 22.0 Å². The van der Waals surface area contributed by atoms with Gasteiger partial charge >= 0.3 is 0 Å². The lowest BCUT2D eigenvalue weighted by Crippen LogP contribution is -2.52. The first-order chi connectivity index (χ1) is 17.7. The van der Waals surface area contributed by atoms with Gasteiger partial charge in [-0.3, -0.25) is 14.4 Å². The second-order valence-electron chi connectivity index (χ2n) is 9.91. The number of nitrogens with zero attached hydrogens (tertiary/aromatic N) is 2. The van der Waals surface area contributed by atoms with Crippen molar-refractivity contribution < 1.29 is 22.8 Å². The van der Waals surface area contributed by atoms with E-state index in [1.54, 1.807) is 12.1 Å². The third-order valence-electron chi connectivity index (χ3n) is 7.21. The smallest absolute Gasteiger partial charge is 0.269 e. The molecule has 1 aliphatic carbocycles. The first-order valence-corrected chi connectivity index (χ1v) is 14.5. The number of hydrogen-bond donors (Lipinski definition) is 1. The molecular formula is C28H35N3O5S. The molecule has 37 heavy (non-hydrogen) atoms. The zero-order valence-electron chi connectivity index (χ0n) is 21.5. The van der Waals surface area contributed by atoms with E-state index >= 15 is 0 Å². The minimum Gasteiger partial charge on any atom is -0.352 e. The largest absolute Gasteiger partial charge is 0.352 e. The number of carbonyl (C=O) groups excluding carboxylic acids is 3. The maximum Gasteiger partial charge on any atom is 0.269 e. The Kier molecular flexibility index (Phi) is 8.32. The normalized spacial score (nSPS) is 17.8. The van der Waals surface area contributed by atoms with Crippen molar-refractivity contribution in [3.05, 3.63) is 65.2 Å². The molecule has 0 bridgehead atoms. The molecule has 1 aliphatic heterocycles. The fourth-order valence-electron chi connectivity index (χ4n) is 5.26. The van der Waals surface area contributed by atoms with Gasteiger partial charge in [0.2, 0.25) is 11.8 Å². The Hall–Kier alpha value is -3.20. The number of carbonyl (C=O) groups is 3. The van der Waals surface area contributed by atoms with E-state index in [2.05, 4.69) is 5.32 Å². The third-order valence-corrected chi connectivity index (χ3v) is 9.05. The molecule has 0 unspecified atom stereocenters. The molecule has 9 heteroatoms. The summed E-state index contributed by atoms with van der Waals surface area (Å²) in [7, 11) is -4.01. The standard InChI is InChI=1S/C28H35N3O5S/c1-3-24(27(33)29-22-12-5-4-6-13-22)30(19-21-11-9-10-20(2)18-21)26(32)16-17-31-28(34)23-14-7-8-15-25(23)37(31,35)36/h7-11,14-15,18,22,24H,3-6,12-13,16-17,19H2,1-2H3,(H,29,33)/t24-/m1/s1. The number of amides is 3. The summed E-state index contributed by atoms with van der Waals surface area (Å²) in [5.74, 6) is -1.19. The summed E-state index contributed by atoms with van der Waals surface area (Å²) in [6, 6.07) is 13.2. The zero-order valence-corrected chi connectivity index (χ0v) is 22.3. The summed E-state index contributed by atoms with van der Waals surface area (Å²) in [5, 5.41) is 3.14. The topological polar surface area (TPSA) is 104 Å². The molecule has 0 spiro atoms. The van der Waals surface area contributed by atoms with Gasteiger partial charge in [-0.05, 0) is 43.9 Å². The second kappa shape index (κ2) is 11.5. The Morgan fingerprint density at radius 3 is 2.49 bits per heavy atom. The first-order valence-electron chi connectivity index (χ1n) is 13.0. The Morgan fingerprint density at radius 1 is 1.08 bits per heavy atom. The van der Waals surface area contributed by atoms with Crippen LogP contribution < -0.4 is 5.32 Å². The van der Waals surface area contributed by atoms with Crippen LogP contribution in [-0.2, 0) is 26.2 Å². The lowest BCUT2D eigenvalue weighted by atomic mass is 9.95. The van der Waals surface area contributed by atoms with Crippen molar-refractivity contribution in [3.63, 3.8) is 0 Å². The van der Waals surface area contributed by atoms with Gasteiger partial charge in [0.05, 0.1) is 5.56 Å². The van der Waals surface area contributed by atoms with Gasteiger partial charge in [0.25, 0.3) is 15.9 Å². The number of fused-ring (bicyclic) bond motifs is 1. The van der Waals surface area contributed by atoms with Gasteiger partial charge in [-0.2, -0.15) is 0 Å². The molecule has 0 radical (unpaired) electrons. The Labute approximate surface area is 219 Å². The van der Waals surface area contributed by atoms with Gasteiger partial charge in [0.1, 0.15) is 10.9 Å². The molecule has 0 saturated heterocycles. The highest BCUT2D eigenvalue weighted by Gasteiger charge is 2.41. The third kappa shape index (κ3) is 5.87. The molecule has 1 heterocycles. The van der Waals surface area contributed by atoms with Gasteiger partial charge in [0.15, 0.2) is 0 Å². The van der Waals surface area contributed by atoms with Crippen LogP contribution in [0.25, 0.3) is 0 Å². The van der Waals surface area contributed by atoms with E-state index in [1.807, 2.05) is 38.1 Å². The fraction of sp³-hybridized carbons (Fsp3) is 0.464. The van der Waals surface area contributed by atoms with Crippen LogP contribution in [0.2, 0.25) is 0 Å². The van der Waals surface area contributed by atoms with Crippen molar-refractivity contribution in [2.24, 2.45) is 0 Å². The van der Waals surface area contributed by atoms with Crippen molar-refractivity contribution in [2.45, 2.75) is 82.3 Å². The van der Waals surface area contributed by atoms with E-state index in [0.29, 0.717) is 6.42 Å². The number of nitrogens with one attached hydrogen (secondary N) is 1. The number of rotatable bonds is 9. The molecule has 2 aromatic rings. The van der Waals surface area contributed by atoms with Gasteiger partial charge in [-0.15, -0.1) is 0 Å². The molecule has 1 N–H and O–H groups in total. The Bertz CT molecular complexity index is 1270. The maximum atomic E-state index is 13.6. The van der Waals surface area contributed by atoms with Crippen molar-refractivity contribution in [2.75, 3.05) is 6.54 Å². The number of sulfonamides is 1. The average Bonchev–Trinajstić information content (AvgIpc) is 3.08. The molecule has 198 valence electrons. The average molecular weight is 526 g/mol. The molecule has 1 saturated carbocycles. The summed E-state index contributed by atoms with van der Waals surface area (Å²) in [6.07, 6.45) is 5.40. The zero-order chi connectivity index (χ0) is 26.6. The minimum atomic E-state index is -4.01. The van der Waals surface area contributed by atoms with Crippen LogP contribution in [0.15, 0.2) is 53.4 Å². The van der Waals surface area contributed by atoms with Gasteiger partial charge in [0, 0.05) is 25.6 Å². The summed E-state index contributed by atoms with van der Waals surface area (Å²) in [4.78, 5) is 41.2. The fourth-order valence-corrected chi connectivity index (χ4v) is 6.83. The van der Waals surface area contributed by atoms with E-state index in [1.165, 1.54) is 23.5 Å². The summed E-state index contributed by atoms with van der Waals surface area (Å²) >= 11 is 0. The van der Waals surface area contributed by atoms with E-state index in [0.717, 1.165) is 41.1 Å². The molecule has 1 fully saturated rings. The van der Waals surface area contributed by atoms with E-state index in [4.69, 9.17) is 0 Å². The molecule has 0 aromatic heterocycles. The molecule has 8 nitrogen and oxygen atoms in total. The predicted molar refractivity (Wildman–Crippen MR) is 140 cm³/mol. The van der Waals surface area contributed by atoms with Crippen molar-refractivity contribution in [1.29, 1.82) is 0 Å². The van der Waals surface area contributed by atoms with Gasteiger partial charge in [-0.25, -0.2) is 12.7 Å². The van der Waals surface area contributed by atoms with Gasteiger partial charge in [-0.1, -0.05) is 68.1 Å². The molecule has 2 aliphatic rings. The molecule has 4 rings (SSSR count). The quantitative estimate of drug-likeness (QED) is 0.537. The highest BCUT2D eigenvalue weighted by Crippen LogP contribution is 2.30. The van der Waals surface area contributed by atoms with E-state index in [9.17, 15) is 22.8 Å². The van der Waals surface area contributed by atoms with Crippen molar-refractivity contribution in [3.8, 4) is 0 Å². The second-order valence-corrected chi connectivity index (χ2v) is 11.7. The first kappa shape index (κ1) is 26.9. The van der Waals surface area contributed by atoms with Crippen LogP contribution in [0.4, 0.5) is 0 Å². The van der Waals surface area contributed by atoms with Crippen molar-refractivity contribution in [1.82, 2.24) is 14.5 Å². The highest BCUT2D eigenvalue weighted by molar-refractivity contribution is 7.90. The molecular weight excluding hydrogens is 490 g/mol. The van der Waals surface area contributed by atoms with Crippen LogP contribution in [0, 0.1) is 6.92 Å². The van der Waals surface area contributed by atoms with Crippen LogP contribution in [0.3, 0.4) is 0 Å². The highest BCUT2D eigenvalue weighted by atomic mass is 32.2. The lowest BCUT2D eigenvalue weighted by Gasteiger charge is -2.33. The lowest BCUT2D eigenvalue weighted by molar-refractivity contribution is -0.141. The van der Waals surface area contributed by atoms with Gasteiger partial charge < -0.3 is 10.2 Å². The number of benzene rings is 2. The summed E-state index contributed by atoms with van der Waals surface area (Å²) < 4.78 is 26.6. The van der Waals surface area contributed by atoms with Crippen LogP contribution in [0.1, 0.15) is 73.4 Å². The molecule has 1 atom stereocenters. The summed E-state index contributed by atoms with van der Waals surface area (Å²) in [5.41, 5.74) is 2.04. The number of hydrogen-bond acceptors (Lipinski definition) is 5. The SMILES string of the molecule is CC[C@H](C(=O)NC1CCCCC1)N(Cc1cccc(C)c1)C(=O)CCN1C(=O)c2ccccc2S1(=O)=O. The monoisotopic (exact) mass is 525 g/mol. The van der Waals surface area contributed by atoms with Crippen molar-refractivity contribution >= 4 is 27.7 Å². The van der Waals surface area contributed by atoms with Crippen LogP contribution >= 0.6 is 0 Å². The van der Waals surface area contributed by atoms with Crippen LogP contribution in [-0.4, -0.2) is 54.0 Å². The summed E-state index contributed by atoms with van der Waals surface area (Å²) in [6.45, 7) is 3.77. The minimum absolute atomic E-state index is 0.0395. The molecule has 3 amide bonds. The Balaban J connectivity index is 1.53. The predicted octanol–water partition coefficient (Wildman–Crippen LogP) is 3.79. The Morgan fingerprint density at radius 2 is 1.81 bits per heavy atom. The van der Waals surface area contributed by atoms with E-state index in [-0.39, 0.29) is 47.8 Å². The molecule has 2 aromatic carbocycles. The maximum absolute atomic E-state index is 13.6. The number of aryl methyl sites for hydroxylation is 1. The van der Waals surface area contributed by atoms with Crippen LogP contribution in [0.5, 0.6) is 0 Å².